The summed E-state index contributed by atoms with van der Waals surface area (Å²) in [5.41, 5.74) is 0.631. The van der Waals surface area contributed by atoms with Crippen LogP contribution in [0, 0.1) is 13.8 Å². The standard InChI is InChI=1S/C18H20BrN5O4S/c1-12-16-13(2)28-21-17(16)18(25)24(20-12)11-22-6-8-23(9-7-22)29(26,27)15-5-3-4-14(19)10-15/h3-5,10H,6-9,11H2,1-2H3. The fraction of sp³-hybridized carbons (Fsp3) is 0.389. The number of hydrogen-bond donors (Lipinski definition) is 0. The Hall–Kier alpha value is -2.08. The number of hydrogen-bond acceptors (Lipinski definition) is 7. The quantitative estimate of drug-likeness (QED) is 0.558. The number of fused-ring (bicyclic) bond motifs is 1. The van der Waals surface area contributed by atoms with Gasteiger partial charge in [-0.3, -0.25) is 9.69 Å². The number of sulfonamides is 1. The van der Waals surface area contributed by atoms with Gasteiger partial charge in [0.1, 0.15) is 5.76 Å². The zero-order chi connectivity index (χ0) is 20.8. The molecule has 1 aromatic carbocycles. The maximum atomic E-state index is 12.9. The third-order valence-corrected chi connectivity index (χ3v) is 7.42. The maximum absolute atomic E-state index is 12.9. The predicted octanol–water partition coefficient (Wildman–Crippen LogP) is 1.73. The summed E-state index contributed by atoms with van der Waals surface area (Å²) in [6.45, 7) is 5.50. The van der Waals surface area contributed by atoms with Crippen LogP contribution in [0.4, 0.5) is 0 Å². The van der Waals surface area contributed by atoms with E-state index in [1.54, 1.807) is 31.2 Å². The summed E-state index contributed by atoms with van der Waals surface area (Å²) in [6, 6.07) is 6.68. The molecule has 0 radical (unpaired) electrons. The van der Waals surface area contributed by atoms with Crippen molar-refractivity contribution in [3.63, 3.8) is 0 Å². The average Bonchev–Trinajstić information content (AvgIpc) is 3.09. The molecule has 9 nitrogen and oxygen atoms in total. The molecule has 0 atom stereocenters. The van der Waals surface area contributed by atoms with Crippen LogP contribution in [0.15, 0.2) is 43.0 Å². The molecule has 4 rings (SSSR count). The topological polar surface area (TPSA) is 102 Å². The van der Waals surface area contributed by atoms with Crippen molar-refractivity contribution in [2.24, 2.45) is 0 Å². The van der Waals surface area contributed by atoms with Crippen LogP contribution in [-0.2, 0) is 16.7 Å². The van der Waals surface area contributed by atoms with E-state index in [0.717, 1.165) is 4.47 Å². The van der Waals surface area contributed by atoms with Crippen LogP contribution >= 0.6 is 15.9 Å². The number of piperazine rings is 1. The molecule has 2 aromatic heterocycles. The summed E-state index contributed by atoms with van der Waals surface area (Å²) in [4.78, 5) is 14.9. The van der Waals surface area contributed by atoms with Crippen molar-refractivity contribution in [3.05, 3.63) is 50.5 Å². The molecule has 154 valence electrons. The molecular weight excluding hydrogens is 462 g/mol. The van der Waals surface area contributed by atoms with Crippen LogP contribution in [0.3, 0.4) is 0 Å². The summed E-state index contributed by atoms with van der Waals surface area (Å²) >= 11 is 3.31. The molecule has 0 amide bonds. The SMILES string of the molecule is Cc1nn(CN2CCN(S(=O)(=O)c3cccc(Br)c3)CC2)c(=O)c2noc(C)c12. The van der Waals surface area contributed by atoms with Gasteiger partial charge in [-0.25, -0.2) is 13.1 Å². The summed E-state index contributed by atoms with van der Waals surface area (Å²) in [5, 5.41) is 8.89. The Morgan fingerprint density at radius 2 is 1.90 bits per heavy atom. The Bertz CT molecular complexity index is 1230. The fourth-order valence-corrected chi connectivity index (χ4v) is 5.54. The highest BCUT2D eigenvalue weighted by Crippen LogP contribution is 2.21. The molecular formula is C18H20BrN5O4S. The van der Waals surface area contributed by atoms with Crippen LogP contribution < -0.4 is 5.56 Å². The molecule has 1 fully saturated rings. The number of rotatable bonds is 4. The van der Waals surface area contributed by atoms with E-state index >= 15 is 0 Å². The zero-order valence-corrected chi connectivity index (χ0v) is 18.4. The number of benzene rings is 1. The van der Waals surface area contributed by atoms with E-state index in [-0.39, 0.29) is 22.6 Å². The van der Waals surface area contributed by atoms with Crippen molar-refractivity contribution >= 4 is 36.9 Å². The minimum atomic E-state index is -3.55. The lowest BCUT2D eigenvalue weighted by Crippen LogP contribution is -2.49. The number of aromatic nitrogens is 3. The normalized spacial score (nSPS) is 16.5. The van der Waals surface area contributed by atoms with Crippen LogP contribution in [0.5, 0.6) is 0 Å². The fourth-order valence-electron chi connectivity index (χ4n) is 3.52. The third kappa shape index (κ3) is 3.75. The van der Waals surface area contributed by atoms with Crippen molar-refractivity contribution in [2.45, 2.75) is 25.4 Å². The van der Waals surface area contributed by atoms with E-state index in [0.29, 0.717) is 43.0 Å². The first-order chi connectivity index (χ1) is 13.8. The minimum absolute atomic E-state index is 0.265. The summed E-state index contributed by atoms with van der Waals surface area (Å²) in [5.74, 6) is 0.570. The molecule has 1 saturated heterocycles. The predicted molar refractivity (Wildman–Crippen MR) is 110 cm³/mol. The monoisotopic (exact) mass is 481 g/mol. The van der Waals surface area contributed by atoms with Crippen molar-refractivity contribution in [1.82, 2.24) is 24.1 Å². The lowest BCUT2D eigenvalue weighted by atomic mass is 10.2. The van der Waals surface area contributed by atoms with Gasteiger partial charge in [0.05, 0.1) is 22.6 Å². The Morgan fingerprint density at radius 1 is 1.17 bits per heavy atom. The molecule has 0 unspecified atom stereocenters. The van der Waals surface area contributed by atoms with Gasteiger partial charge in [-0.15, -0.1) is 0 Å². The second kappa shape index (κ2) is 7.63. The Balaban J connectivity index is 1.49. The molecule has 3 heterocycles. The second-order valence-electron chi connectivity index (χ2n) is 6.97. The smallest absolute Gasteiger partial charge is 0.298 e. The number of nitrogens with zero attached hydrogens (tertiary/aromatic N) is 5. The highest BCUT2D eigenvalue weighted by Gasteiger charge is 2.29. The Labute approximate surface area is 176 Å². The van der Waals surface area contributed by atoms with Crippen molar-refractivity contribution in [2.75, 3.05) is 26.2 Å². The minimum Gasteiger partial charge on any atom is -0.360 e. The van der Waals surface area contributed by atoms with E-state index in [4.69, 9.17) is 4.52 Å². The second-order valence-corrected chi connectivity index (χ2v) is 9.83. The Morgan fingerprint density at radius 3 is 2.59 bits per heavy atom. The summed E-state index contributed by atoms with van der Waals surface area (Å²) < 4.78 is 34.4. The molecule has 0 spiro atoms. The van der Waals surface area contributed by atoms with Crippen molar-refractivity contribution in [1.29, 1.82) is 0 Å². The van der Waals surface area contributed by atoms with Gasteiger partial charge in [-0.2, -0.15) is 9.40 Å². The van der Waals surface area contributed by atoms with Gasteiger partial charge in [-0.1, -0.05) is 27.2 Å². The Kier molecular flexibility index (Phi) is 5.32. The van der Waals surface area contributed by atoms with Gasteiger partial charge in [0.25, 0.3) is 5.56 Å². The molecule has 11 heteroatoms. The van der Waals surface area contributed by atoms with Gasteiger partial charge < -0.3 is 4.52 Å². The van der Waals surface area contributed by atoms with E-state index in [2.05, 4.69) is 26.2 Å². The molecule has 0 bridgehead atoms. The summed E-state index contributed by atoms with van der Waals surface area (Å²) in [7, 11) is -3.55. The van der Waals surface area contributed by atoms with E-state index in [1.807, 2.05) is 11.8 Å². The molecule has 0 saturated carbocycles. The van der Waals surface area contributed by atoms with Gasteiger partial charge in [0.15, 0.2) is 5.52 Å². The zero-order valence-electron chi connectivity index (χ0n) is 16.0. The first kappa shape index (κ1) is 20.2. The highest BCUT2D eigenvalue weighted by molar-refractivity contribution is 9.10. The summed E-state index contributed by atoms with van der Waals surface area (Å²) in [6.07, 6.45) is 0. The lowest BCUT2D eigenvalue weighted by molar-refractivity contribution is 0.143. The van der Waals surface area contributed by atoms with Crippen molar-refractivity contribution in [3.8, 4) is 0 Å². The molecule has 1 aliphatic heterocycles. The van der Waals surface area contributed by atoms with Crippen LogP contribution in [0.2, 0.25) is 0 Å². The van der Waals surface area contributed by atoms with E-state index in [9.17, 15) is 13.2 Å². The van der Waals surface area contributed by atoms with E-state index in [1.165, 1.54) is 8.99 Å². The highest BCUT2D eigenvalue weighted by atomic mass is 79.9. The van der Waals surface area contributed by atoms with Gasteiger partial charge in [0.2, 0.25) is 10.0 Å². The van der Waals surface area contributed by atoms with Gasteiger partial charge >= 0.3 is 0 Å². The molecule has 3 aromatic rings. The molecule has 0 aliphatic carbocycles. The molecule has 29 heavy (non-hydrogen) atoms. The number of halogens is 1. The van der Waals surface area contributed by atoms with Gasteiger partial charge in [-0.05, 0) is 32.0 Å². The maximum Gasteiger partial charge on any atom is 0.298 e. The van der Waals surface area contributed by atoms with Crippen LogP contribution in [-0.4, -0.2) is 58.7 Å². The largest absolute Gasteiger partial charge is 0.360 e. The van der Waals surface area contributed by atoms with Gasteiger partial charge in [0, 0.05) is 30.7 Å². The molecule has 0 N–H and O–H groups in total. The van der Waals surface area contributed by atoms with E-state index < -0.39 is 10.0 Å². The van der Waals surface area contributed by atoms with Crippen LogP contribution in [0.1, 0.15) is 11.5 Å². The first-order valence-corrected chi connectivity index (χ1v) is 11.3. The number of aryl methyl sites for hydroxylation is 2. The first-order valence-electron chi connectivity index (χ1n) is 9.09. The average molecular weight is 482 g/mol. The molecule has 1 aliphatic rings. The van der Waals surface area contributed by atoms with Crippen LogP contribution in [0.25, 0.3) is 10.9 Å². The third-order valence-electron chi connectivity index (χ3n) is 5.03. The lowest BCUT2D eigenvalue weighted by Gasteiger charge is -2.33. The van der Waals surface area contributed by atoms with Crippen molar-refractivity contribution < 1.29 is 12.9 Å².